The summed E-state index contributed by atoms with van der Waals surface area (Å²) in [6, 6.07) is 5.11. The first kappa shape index (κ1) is 20.8. The maximum Gasteiger partial charge on any atom is 0.416 e. The van der Waals surface area contributed by atoms with Crippen molar-refractivity contribution in [3.05, 3.63) is 51.9 Å². The molecule has 0 saturated carbocycles. The van der Waals surface area contributed by atoms with Crippen LogP contribution in [0, 0.1) is 6.92 Å². The molecule has 160 valence electrons. The molecular weight excluding hydrogens is 443 g/mol. The number of alkyl halides is 3. The number of halogens is 3. The number of hydrogen-bond donors (Lipinski definition) is 0. The number of nitrogens with zero attached hydrogens (tertiary/aromatic N) is 5. The van der Waals surface area contributed by atoms with Crippen LogP contribution in [0.4, 0.5) is 18.3 Å². The SMILES string of the molecule is Cc1cc(=O)nc2sc(N3CCN(S(=O)(=O)c4cccc(C(F)(F)F)c4)CC3)nn12. The Balaban J connectivity index is 1.53. The van der Waals surface area contributed by atoms with Gasteiger partial charge in [-0.3, -0.25) is 4.79 Å². The van der Waals surface area contributed by atoms with Crippen LogP contribution in [0.3, 0.4) is 0 Å². The molecule has 0 amide bonds. The number of benzene rings is 1. The predicted molar refractivity (Wildman–Crippen MR) is 104 cm³/mol. The van der Waals surface area contributed by atoms with Crippen LogP contribution in [0.25, 0.3) is 4.96 Å². The summed E-state index contributed by atoms with van der Waals surface area (Å²) in [6.07, 6.45) is -4.62. The van der Waals surface area contributed by atoms with Crippen LogP contribution in [0.1, 0.15) is 11.3 Å². The van der Waals surface area contributed by atoms with Crippen molar-refractivity contribution in [2.75, 3.05) is 31.1 Å². The van der Waals surface area contributed by atoms with Crippen molar-refractivity contribution >= 4 is 31.5 Å². The largest absolute Gasteiger partial charge is 0.416 e. The lowest BCUT2D eigenvalue weighted by Crippen LogP contribution is -2.48. The molecule has 1 aromatic carbocycles. The predicted octanol–water partition coefficient (Wildman–Crippen LogP) is 1.99. The van der Waals surface area contributed by atoms with E-state index in [1.165, 1.54) is 21.7 Å². The highest BCUT2D eigenvalue weighted by molar-refractivity contribution is 7.89. The number of piperazine rings is 1. The van der Waals surface area contributed by atoms with Crippen molar-refractivity contribution in [3.8, 4) is 0 Å². The number of hydrogen-bond acceptors (Lipinski definition) is 7. The van der Waals surface area contributed by atoms with Crippen molar-refractivity contribution in [1.82, 2.24) is 18.9 Å². The average Bonchev–Trinajstić information content (AvgIpc) is 3.12. The van der Waals surface area contributed by atoms with Crippen molar-refractivity contribution in [2.45, 2.75) is 18.0 Å². The van der Waals surface area contributed by atoms with Crippen LogP contribution in [-0.2, 0) is 16.2 Å². The number of aryl methyl sites for hydroxylation is 1. The van der Waals surface area contributed by atoms with Crippen molar-refractivity contribution in [3.63, 3.8) is 0 Å². The third-order valence-corrected chi connectivity index (χ3v) is 7.59. The Morgan fingerprint density at radius 1 is 1.10 bits per heavy atom. The van der Waals surface area contributed by atoms with Gasteiger partial charge in [0.25, 0.3) is 5.56 Å². The molecule has 0 radical (unpaired) electrons. The minimum Gasteiger partial charge on any atom is -0.344 e. The third-order valence-electron chi connectivity index (χ3n) is 4.73. The fourth-order valence-corrected chi connectivity index (χ4v) is 5.64. The molecule has 1 aliphatic heterocycles. The Hall–Kier alpha value is -2.51. The van der Waals surface area contributed by atoms with E-state index in [-0.39, 0.29) is 23.5 Å². The highest BCUT2D eigenvalue weighted by Crippen LogP contribution is 2.31. The second-order valence-electron chi connectivity index (χ2n) is 6.73. The lowest BCUT2D eigenvalue weighted by Gasteiger charge is -2.33. The molecule has 30 heavy (non-hydrogen) atoms. The molecule has 3 aromatic rings. The summed E-state index contributed by atoms with van der Waals surface area (Å²) in [6.45, 7) is 2.54. The molecule has 1 saturated heterocycles. The standard InChI is InChI=1S/C17H16F3N5O3S2/c1-11-9-14(26)21-15-25(11)22-16(29-15)23-5-7-24(8-6-23)30(27,28)13-4-2-3-12(10-13)17(18,19)20/h2-4,9-10H,5-8H2,1H3. The molecular formula is C17H16F3N5O3S2. The Kier molecular flexibility index (Phi) is 5.06. The molecule has 0 aliphatic carbocycles. The summed E-state index contributed by atoms with van der Waals surface area (Å²) in [7, 11) is -4.06. The lowest BCUT2D eigenvalue weighted by atomic mass is 10.2. The third kappa shape index (κ3) is 3.79. The molecule has 13 heteroatoms. The van der Waals surface area contributed by atoms with E-state index in [4.69, 9.17) is 0 Å². The van der Waals surface area contributed by atoms with Gasteiger partial charge < -0.3 is 4.90 Å². The summed E-state index contributed by atoms with van der Waals surface area (Å²) in [5.41, 5.74) is -0.729. The topological polar surface area (TPSA) is 87.9 Å². The Bertz CT molecular complexity index is 1260. The summed E-state index contributed by atoms with van der Waals surface area (Å²) < 4.78 is 67.1. The number of aromatic nitrogens is 3. The Morgan fingerprint density at radius 3 is 2.47 bits per heavy atom. The van der Waals surface area contributed by atoms with Crippen LogP contribution in [0.5, 0.6) is 0 Å². The first-order valence-corrected chi connectivity index (χ1v) is 11.1. The first-order chi connectivity index (χ1) is 14.1. The van der Waals surface area contributed by atoms with Gasteiger partial charge in [-0.15, -0.1) is 5.10 Å². The van der Waals surface area contributed by atoms with Gasteiger partial charge in [-0.2, -0.15) is 22.5 Å². The summed E-state index contributed by atoms with van der Waals surface area (Å²) in [4.78, 5) is 17.4. The minimum absolute atomic E-state index is 0.0956. The molecule has 0 atom stereocenters. The fourth-order valence-electron chi connectivity index (χ4n) is 3.17. The Morgan fingerprint density at radius 2 is 1.80 bits per heavy atom. The maximum atomic E-state index is 12.9. The smallest absolute Gasteiger partial charge is 0.344 e. The van der Waals surface area contributed by atoms with Gasteiger partial charge in [0, 0.05) is 37.9 Å². The van der Waals surface area contributed by atoms with Gasteiger partial charge >= 0.3 is 6.18 Å². The normalized spacial score (nSPS) is 16.3. The highest BCUT2D eigenvalue weighted by Gasteiger charge is 2.34. The molecule has 0 spiro atoms. The van der Waals surface area contributed by atoms with Crippen LogP contribution in [-0.4, -0.2) is 53.5 Å². The molecule has 3 heterocycles. The van der Waals surface area contributed by atoms with Crippen LogP contribution < -0.4 is 10.5 Å². The van der Waals surface area contributed by atoms with Gasteiger partial charge in [0.1, 0.15) is 0 Å². The molecule has 0 N–H and O–H groups in total. The van der Waals surface area contributed by atoms with Gasteiger partial charge in [0.15, 0.2) is 0 Å². The molecule has 0 unspecified atom stereocenters. The summed E-state index contributed by atoms with van der Waals surface area (Å²) in [5.74, 6) is 0. The van der Waals surface area contributed by atoms with E-state index in [1.807, 2.05) is 4.90 Å². The zero-order chi connectivity index (χ0) is 21.7. The summed E-state index contributed by atoms with van der Waals surface area (Å²) in [5, 5.41) is 5.02. The quantitative estimate of drug-likeness (QED) is 0.595. The van der Waals surface area contributed by atoms with E-state index >= 15 is 0 Å². The maximum absolute atomic E-state index is 12.9. The van der Waals surface area contributed by atoms with Crippen LogP contribution in [0.15, 0.2) is 40.0 Å². The van der Waals surface area contributed by atoms with Gasteiger partial charge in [-0.1, -0.05) is 17.4 Å². The van der Waals surface area contributed by atoms with Crippen molar-refractivity contribution < 1.29 is 21.6 Å². The molecule has 1 fully saturated rings. The van der Waals surface area contributed by atoms with E-state index in [0.717, 1.165) is 18.2 Å². The van der Waals surface area contributed by atoms with Gasteiger partial charge in [-0.05, 0) is 25.1 Å². The molecule has 8 nitrogen and oxygen atoms in total. The number of sulfonamides is 1. The van der Waals surface area contributed by atoms with Crippen molar-refractivity contribution in [2.24, 2.45) is 0 Å². The van der Waals surface area contributed by atoms with E-state index in [1.54, 1.807) is 11.4 Å². The monoisotopic (exact) mass is 459 g/mol. The second kappa shape index (κ2) is 7.32. The van der Waals surface area contributed by atoms with Crippen LogP contribution >= 0.6 is 11.3 Å². The van der Waals surface area contributed by atoms with Crippen molar-refractivity contribution in [1.29, 1.82) is 0 Å². The minimum atomic E-state index is -4.62. The zero-order valence-electron chi connectivity index (χ0n) is 15.6. The molecule has 2 aromatic heterocycles. The molecule has 0 bridgehead atoms. The van der Waals surface area contributed by atoms with Gasteiger partial charge in [-0.25, -0.2) is 12.9 Å². The fraction of sp³-hybridized carbons (Fsp3) is 0.353. The van der Waals surface area contributed by atoms with Crippen LogP contribution in [0.2, 0.25) is 0 Å². The highest BCUT2D eigenvalue weighted by atomic mass is 32.2. The van der Waals surface area contributed by atoms with E-state index < -0.39 is 21.8 Å². The van der Waals surface area contributed by atoms with E-state index in [9.17, 15) is 26.4 Å². The Labute approximate surface area is 173 Å². The second-order valence-corrected chi connectivity index (χ2v) is 9.60. The number of anilines is 1. The number of rotatable bonds is 3. The van der Waals surface area contributed by atoms with Gasteiger partial charge in [0.05, 0.1) is 10.5 Å². The number of fused-ring (bicyclic) bond motifs is 1. The zero-order valence-corrected chi connectivity index (χ0v) is 17.3. The van der Waals surface area contributed by atoms with E-state index in [2.05, 4.69) is 10.1 Å². The lowest BCUT2D eigenvalue weighted by molar-refractivity contribution is -0.137. The van der Waals surface area contributed by atoms with E-state index in [0.29, 0.717) is 34.9 Å². The summed E-state index contributed by atoms with van der Waals surface area (Å²) >= 11 is 1.22. The average molecular weight is 459 g/mol. The first-order valence-electron chi connectivity index (χ1n) is 8.85. The molecule has 4 rings (SSSR count). The molecule has 1 aliphatic rings. The van der Waals surface area contributed by atoms with Gasteiger partial charge in [0.2, 0.25) is 20.1 Å².